The number of thiazole rings is 1. The van der Waals surface area contributed by atoms with Gasteiger partial charge in [-0.05, 0) is 18.2 Å². The van der Waals surface area contributed by atoms with Gasteiger partial charge in [-0.15, -0.1) is 11.3 Å². The van der Waals surface area contributed by atoms with Gasteiger partial charge in [-0.25, -0.2) is 23.4 Å². The fourth-order valence-corrected chi connectivity index (χ4v) is 4.97. The van der Waals surface area contributed by atoms with E-state index in [0.29, 0.717) is 22.3 Å². The molecule has 10 nitrogen and oxygen atoms in total. The zero-order valence-electron chi connectivity index (χ0n) is 21.2. The zero-order valence-corrected chi connectivity index (χ0v) is 26.9. The molecule has 192 valence electrons. The van der Waals surface area contributed by atoms with E-state index in [9.17, 15) is 18.7 Å². The second kappa shape index (κ2) is 14.5. The Morgan fingerprint density at radius 3 is 2.51 bits per heavy atom. The minimum atomic E-state index is -5.43. The minimum absolute atomic E-state index is 0. The van der Waals surface area contributed by atoms with Crippen molar-refractivity contribution in [1.82, 2.24) is 19.7 Å². The third kappa shape index (κ3) is 8.33. The van der Waals surface area contributed by atoms with Gasteiger partial charge in [0.25, 0.3) is 0 Å². The third-order valence-electron chi connectivity index (χ3n) is 5.68. The van der Waals surface area contributed by atoms with Crippen LogP contribution in [0.4, 0.5) is 8.78 Å². The van der Waals surface area contributed by atoms with E-state index in [4.69, 9.17) is 10.00 Å². The van der Waals surface area contributed by atoms with Gasteiger partial charge < -0.3 is 23.6 Å². The first-order valence-corrected chi connectivity index (χ1v) is 13.0. The molecule has 39 heavy (non-hydrogen) atoms. The summed E-state index contributed by atoms with van der Waals surface area (Å²) in [4.78, 5) is 30.8. The number of rotatable bonds is 10. The van der Waals surface area contributed by atoms with Gasteiger partial charge >= 0.3 is 59.1 Å². The molecule has 0 saturated carbocycles. The number of phosphoric ester groups is 1. The topological polar surface area (TPSA) is 149 Å². The van der Waals surface area contributed by atoms with Gasteiger partial charge in [0.1, 0.15) is 29.9 Å². The molecule has 4 rings (SSSR count). The summed E-state index contributed by atoms with van der Waals surface area (Å²) in [7, 11) is -5.43. The Balaban J connectivity index is 0.00000267. The standard InChI is InChI=1S/C23H20F2N5O5PS.2Na/c1-15(22-29-21(10-37-22)17-4-2-16(9-26)3-5-17)23(11-30-13-27-12-28-30,34-14-35-36(31,32)33)19-7-6-18(24)8-20(19)25;;/h2-8,10,12-13,15H,11,14H2,1H3,(H2,31,32,33);;/q;2*+1/p-2/t15-,23+;;/m0../s1. The zero-order chi connectivity index (χ0) is 26.6. The molecule has 0 radical (unpaired) electrons. The van der Waals surface area contributed by atoms with E-state index in [0.717, 1.165) is 11.6 Å². The number of nitriles is 1. The summed E-state index contributed by atoms with van der Waals surface area (Å²) in [6.45, 7) is 0.414. The molecule has 2 aromatic heterocycles. The number of hydrogen-bond donors (Lipinski definition) is 0. The monoisotopic (exact) mass is 591 g/mol. The number of phosphoric acid groups is 1. The number of hydrogen-bond acceptors (Lipinski definition) is 10. The van der Waals surface area contributed by atoms with E-state index in [-0.39, 0.29) is 71.2 Å². The molecule has 0 fully saturated rings. The Bertz CT molecular complexity index is 1470. The molecule has 16 heteroatoms. The average Bonchev–Trinajstić information content (AvgIpc) is 3.55. The van der Waals surface area contributed by atoms with E-state index in [1.54, 1.807) is 36.6 Å². The molecule has 0 amide bonds. The van der Waals surface area contributed by atoms with Gasteiger partial charge in [0, 0.05) is 28.5 Å². The minimum Gasteiger partial charge on any atom is -0.790 e. The fourth-order valence-electron chi connectivity index (χ4n) is 3.82. The van der Waals surface area contributed by atoms with Crippen LogP contribution in [-0.4, -0.2) is 26.5 Å². The number of ether oxygens (including phenoxy) is 1. The van der Waals surface area contributed by atoms with Crippen LogP contribution in [0.2, 0.25) is 0 Å². The molecular weight excluding hydrogens is 573 g/mol. The maximum Gasteiger partial charge on any atom is 1.00 e. The Morgan fingerprint density at radius 1 is 1.21 bits per heavy atom. The Hall–Kier alpha value is -1.37. The molecule has 2 atom stereocenters. The van der Waals surface area contributed by atoms with E-state index in [1.165, 1.54) is 34.7 Å². The summed E-state index contributed by atoms with van der Waals surface area (Å²) in [6, 6.07) is 11.7. The van der Waals surface area contributed by atoms with Crippen molar-refractivity contribution in [2.45, 2.75) is 25.0 Å². The van der Waals surface area contributed by atoms with Crippen molar-refractivity contribution in [2.75, 3.05) is 6.79 Å². The van der Waals surface area contributed by atoms with Crippen LogP contribution in [0.1, 0.15) is 29.0 Å². The first-order chi connectivity index (χ1) is 17.6. The van der Waals surface area contributed by atoms with Gasteiger partial charge in [0.15, 0.2) is 6.79 Å². The van der Waals surface area contributed by atoms with Crippen LogP contribution in [-0.2, 0) is 26.0 Å². The predicted molar refractivity (Wildman–Crippen MR) is 123 cm³/mol. The van der Waals surface area contributed by atoms with Gasteiger partial charge in [0.05, 0.1) is 36.7 Å². The first-order valence-electron chi connectivity index (χ1n) is 10.7. The van der Waals surface area contributed by atoms with E-state index < -0.39 is 37.8 Å². The van der Waals surface area contributed by atoms with E-state index in [2.05, 4.69) is 19.6 Å². The molecule has 0 saturated heterocycles. The number of nitrogens with zero attached hydrogens (tertiary/aromatic N) is 5. The Kier molecular flexibility index (Phi) is 12.6. The van der Waals surface area contributed by atoms with Crippen LogP contribution < -0.4 is 68.9 Å². The maximum absolute atomic E-state index is 15.2. The van der Waals surface area contributed by atoms with Crippen molar-refractivity contribution in [1.29, 1.82) is 5.26 Å². The van der Waals surface area contributed by atoms with Crippen LogP contribution >= 0.6 is 19.2 Å². The summed E-state index contributed by atoms with van der Waals surface area (Å²) in [5.74, 6) is -2.60. The van der Waals surface area contributed by atoms with Crippen molar-refractivity contribution >= 4 is 19.2 Å². The summed E-state index contributed by atoms with van der Waals surface area (Å²) >= 11 is 1.23. The van der Waals surface area contributed by atoms with Crippen LogP contribution in [0.25, 0.3) is 11.3 Å². The van der Waals surface area contributed by atoms with Crippen LogP contribution in [0, 0.1) is 23.0 Å². The third-order valence-corrected chi connectivity index (χ3v) is 7.13. The normalized spacial score (nSPS) is 13.4. The van der Waals surface area contributed by atoms with Crippen LogP contribution in [0.5, 0.6) is 0 Å². The summed E-state index contributed by atoms with van der Waals surface area (Å²) in [6.07, 6.45) is 2.58. The average molecular weight is 591 g/mol. The van der Waals surface area contributed by atoms with Crippen molar-refractivity contribution in [3.63, 3.8) is 0 Å². The van der Waals surface area contributed by atoms with Crippen molar-refractivity contribution in [3.8, 4) is 17.3 Å². The largest absolute Gasteiger partial charge is 1.00 e. The fraction of sp³-hybridized carbons (Fsp3) is 0.217. The molecule has 0 aliphatic carbocycles. The SMILES string of the molecule is C[C@@H](c1nc(-c2ccc(C#N)cc2)cs1)[C@@](Cn1cncn1)(OCOP(=O)([O-])[O-])c1ccc(F)cc1F.[Na+].[Na+]. The first kappa shape index (κ1) is 33.8. The second-order valence-electron chi connectivity index (χ2n) is 7.93. The number of benzene rings is 2. The molecular formula is C23H18F2N5Na2O5PS. The molecule has 0 spiro atoms. The molecule has 2 aromatic carbocycles. The summed E-state index contributed by atoms with van der Waals surface area (Å²) in [5, 5.41) is 15.3. The van der Waals surface area contributed by atoms with Gasteiger partial charge in [-0.3, -0.25) is 0 Å². The molecule has 0 unspecified atom stereocenters. The van der Waals surface area contributed by atoms with Gasteiger partial charge in [0.2, 0.25) is 0 Å². The van der Waals surface area contributed by atoms with E-state index >= 15 is 4.39 Å². The molecule has 4 aromatic rings. The molecule has 2 heterocycles. The van der Waals surface area contributed by atoms with Gasteiger partial charge in [-0.1, -0.05) is 25.1 Å². The Labute approximate surface area is 270 Å². The molecule has 0 bridgehead atoms. The molecule has 0 aliphatic heterocycles. The van der Waals surface area contributed by atoms with Crippen molar-refractivity contribution in [3.05, 3.63) is 88.3 Å². The van der Waals surface area contributed by atoms with Gasteiger partial charge in [-0.2, -0.15) is 10.4 Å². The quantitative estimate of drug-likeness (QED) is 0.107. The summed E-state index contributed by atoms with van der Waals surface area (Å²) < 4.78 is 51.6. The number of aromatic nitrogens is 4. The molecule has 0 aliphatic rings. The van der Waals surface area contributed by atoms with Crippen LogP contribution in [0.15, 0.2) is 60.5 Å². The van der Waals surface area contributed by atoms with Crippen molar-refractivity contribution < 1.29 is 91.5 Å². The smallest absolute Gasteiger partial charge is 0.790 e. The molecule has 0 N–H and O–H groups in total. The van der Waals surface area contributed by atoms with E-state index in [1.807, 2.05) is 6.07 Å². The maximum atomic E-state index is 15.2. The predicted octanol–water partition coefficient (Wildman–Crippen LogP) is -2.92. The van der Waals surface area contributed by atoms with Crippen molar-refractivity contribution in [2.24, 2.45) is 0 Å². The number of halogens is 2. The summed E-state index contributed by atoms with van der Waals surface area (Å²) in [5.41, 5.74) is -0.117. The second-order valence-corrected chi connectivity index (χ2v) is 9.97. The van der Waals surface area contributed by atoms with Crippen LogP contribution in [0.3, 0.4) is 0 Å². The Morgan fingerprint density at radius 2 is 1.92 bits per heavy atom.